The fraction of sp³-hybridized carbons (Fsp3) is 0.588. The number of amides is 1. The Morgan fingerprint density at radius 3 is 2.90 bits per heavy atom. The molecule has 2 bridgehead atoms. The van der Waals surface area contributed by atoms with Crippen LogP contribution in [0.25, 0.3) is 0 Å². The quantitative estimate of drug-likeness (QED) is 0.899. The topological polar surface area (TPSA) is 58.6 Å². The maximum Gasteiger partial charge on any atom is 0.407 e. The number of nitrogens with one attached hydrogen (secondary N) is 1. The van der Waals surface area contributed by atoms with Crippen LogP contribution in [0.1, 0.15) is 44.1 Å². The average molecular weight is 289 g/mol. The van der Waals surface area contributed by atoms with E-state index in [1.165, 1.54) is 6.42 Å². The molecule has 2 aliphatic rings. The fourth-order valence-corrected chi connectivity index (χ4v) is 3.83. The summed E-state index contributed by atoms with van der Waals surface area (Å²) in [4.78, 5) is 11.9. The first kappa shape index (κ1) is 14.4. The van der Waals surface area contributed by atoms with Crippen molar-refractivity contribution in [2.24, 2.45) is 5.92 Å². The van der Waals surface area contributed by atoms with Crippen molar-refractivity contribution in [3.8, 4) is 0 Å². The molecule has 0 aliphatic heterocycles. The molecule has 1 amide bonds. The van der Waals surface area contributed by atoms with Crippen LogP contribution in [0.4, 0.5) is 4.79 Å². The number of carbonyl (C=O) groups excluding carboxylic acids is 1. The number of rotatable bonds is 3. The summed E-state index contributed by atoms with van der Waals surface area (Å²) in [7, 11) is 0. The summed E-state index contributed by atoms with van der Waals surface area (Å²) in [6.45, 7) is 0.285. The Morgan fingerprint density at radius 2 is 2.14 bits per heavy atom. The van der Waals surface area contributed by atoms with Crippen LogP contribution in [0.3, 0.4) is 0 Å². The van der Waals surface area contributed by atoms with Crippen LogP contribution < -0.4 is 5.32 Å². The van der Waals surface area contributed by atoms with Crippen molar-refractivity contribution in [2.75, 3.05) is 0 Å². The lowest BCUT2D eigenvalue weighted by Crippen LogP contribution is -2.50. The molecule has 0 spiro atoms. The third kappa shape index (κ3) is 3.76. The molecule has 1 aromatic carbocycles. The molecule has 0 heterocycles. The maximum absolute atomic E-state index is 11.9. The summed E-state index contributed by atoms with van der Waals surface area (Å²) in [5.41, 5.74) is 0.408. The molecule has 21 heavy (non-hydrogen) atoms. The Balaban J connectivity index is 1.49. The molecular weight excluding hydrogens is 266 g/mol. The van der Waals surface area contributed by atoms with E-state index in [1.54, 1.807) is 0 Å². The van der Waals surface area contributed by atoms with E-state index in [0.717, 1.165) is 31.2 Å². The lowest BCUT2D eigenvalue weighted by Gasteiger charge is -2.45. The van der Waals surface area contributed by atoms with E-state index in [4.69, 9.17) is 4.74 Å². The molecule has 2 aliphatic carbocycles. The molecule has 4 nitrogen and oxygen atoms in total. The molecule has 3 atom stereocenters. The van der Waals surface area contributed by atoms with Crippen molar-refractivity contribution >= 4 is 6.09 Å². The zero-order chi connectivity index (χ0) is 14.7. The van der Waals surface area contributed by atoms with Gasteiger partial charge < -0.3 is 15.2 Å². The SMILES string of the molecule is O=C(NC1CC2CCCC(O)(C2)C1)OCc1ccccc1. The highest BCUT2D eigenvalue weighted by molar-refractivity contribution is 5.67. The first-order valence-electron chi connectivity index (χ1n) is 7.83. The minimum atomic E-state index is -0.571. The van der Waals surface area contributed by atoms with Crippen molar-refractivity contribution in [1.82, 2.24) is 5.32 Å². The number of ether oxygens (including phenoxy) is 1. The monoisotopic (exact) mass is 289 g/mol. The standard InChI is InChI=1S/C17H23NO3/c19-16(21-12-13-5-2-1-3-6-13)18-15-9-14-7-4-8-17(20,10-14)11-15/h1-3,5-6,14-15,20H,4,7-12H2,(H,18,19). The second kappa shape index (κ2) is 6.06. The van der Waals surface area contributed by atoms with Gasteiger partial charge in [0.05, 0.1) is 5.60 Å². The first-order valence-corrected chi connectivity index (χ1v) is 7.83. The highest BCUT2D eigenvalue weighted by Crippen LogP contribution is 2.42. The van der Waals surface area contributed by atoms with Gasteiger partial charge >= 0.3 is 6.09 Å². The van der Waals surface area contributed by atoms with Crippen molar-refractivity contribution in [2.45, 2.75) is 56.8 Å². The van der Waals surface area contributed by atoms with Crippen LogP contribution in [0.2, 0.25) is 0 Å². The van der Waals surface area contributed by atoms with Crippen molar-refractivity contribution in [3.05, 3.63) is 35.9 Å². The third-order valence-electron chi connectivity index (χ3n) is 4.70. The van der Waals surface area contributed by atoms with Crippen molar-refractivity contribution in [1.29, 1.82) is 0 Å². The van der Waals surface area contributed by atoms with Gasteiger partial charge in [-0.1, -0.05) is 43.2 Å². The molecule has 4 heteroatoms. The Kier molecular flexibility index (Phi) is 4.15. The number of alkyl carbamates (subject to hydrolysis) is 1. The number of benzene rings is 1. The lowest BCUT2D eigenvalue weighted by molar-refractivity contribution is -0.0574. The Hall–Kier alpha value is -1.55. The largest absolute Gasteiger partial charge is 0.445 e. The number of fused-ring (bicyclic) bond motifs is 2. The van der Waals surface area contributed by atoms with E-state index in [9.17, 15) is 9.90 Å². The van der Waals surface area contributed by atoms with Gasteiger partial charge in [-0.2, -0.15) is 0 Å². The predicted octanol–water partition coefficient (Wildman–Crippen LogP) is 3.00. The van der Waals surface area contributed by atoms with E-state index >= 15 is 0 Å². The highest BCUT2D eigenvalue weighted by atomic mass is 16.5. The molecular formula is C17H23NO3. The van der Waals surface area contributed by atoms with Crippen molar-refractivity contribution in [3.63, 3.8) is 0 Å². The molecule has 2 N–H and O–H groups in total. The van der Waals surface area contributed by atoms with Gasteiger partial charge in [0.1, 0.15) is 6.61 Å². The number of hydrogen-bond donors (Lipinski definition) is 2. The second-order valence-electron chi connectivity index (χ2n) is 6.53. The van der Waals surface area contributed by atoms with Gasteiger partial charge in [0.25, 0.3) is 0 Å². The molecule has 0 aromatic heterocycles. The van der Waals surface area contributed by atoms with Crippen molar-refractivity contribution < 1.29 is 14.6 Å². The number of hydrogen-bond acceptors (Lipinski definition) is 3. The maximum atomic E-state index is 11.9. The smallest absolute Gasteiger partial charge is 0.407 e. The minimum absolute atomic E-state index is 0.0392. The normalized spacial score (nSPS) is 31.5. The summed E-state index contributed by atoms with van der Waals surface area (Å²) in [5, 5.41) is 13.4. The van der Waals surface area contributed by atoms with E-state index in [2.05, 4.69) is 5.32 Å². The Morgan fingerprint density at radius 1 is 1.33 bits per heavy atom. The fourth-order valence-electron chi connectivity index (χ4n) is 3.83. The summed E-state index contributed by atoms with van der Waals surface area (Å²) in [6, 6.07) is 9.69. The molecule has 1 aromatic rings. The summed E-state index contributed by atoms with van der Waals surface area (Å²) >= 11 is 0. The van der Waals surface area contributed by atoms with Gasteiger partial charge in [-0.3, -0.25) is 0 Å². The van der Waals surface area contributed by atoms with Gasteiger partial charge in [0.15, 0.2) is 0 Å². The lowest BCUT2D eigenvalue weighted by atomic mass is 9.67. The molecule has 114 valence electrons. The van der Waals surface area contributed by atoms with Crippen LogP contribution in [0.5, 0.6) is 0 Å². The van der Waals surface area contributed by atoms with Gasteiger partial charge in [-0.05, 0) is 37.2 Å². The third-order valence-corrected chi connectivity index (χ3v) is 4.70. The highest BCUT2D eigenvalue weighted by Gasteiger charge is 2.42. The molecule has 3 rings (SSSR count). The predicted molar refractivity (Wildman–Crippen MR) is 79.7 cm³/mol. The van der Waals surface area contributed by atoms with E-state index in [0.29, 0.717) is 12.3 Å². The van der Waals surface area contributed by atoms with Crippen LogP contribution in [0, 0.1) is 5.92 Å². The average Bonchev–Trinajstić information content (AvgIpc) is 2.45. The number of aliphatic hydroxyl groups is 1. The summed E-state index contributed by atoms with van der Waals surface area (Å²) in [6.07, 6.45) is 5.26. The van der Waals surface area contributed by atoms with E-state index in [1.807, 2.05) is 30.3 Å². The first-order chi connectivity index (χ1) is 10.1. The van der Waals surface area contributed by atoms with Gasteiger partial charge in [-0.25, -0.2) is 4.79 Å². The second-order valence-corrected chi connectivity index (χ2v) is 6.53. The Bertz CT molecular complexity index is 490. The zero-order valence-corrected chi connectivity index (χ0v) is 12.3. The Labute approximate surface area is 125 Å². The van der Waals surface area contributed by atoms with Gasteiger partial charge in [0.2, 0.25) is 0 Å². The minimum Gasteiger partial charge on any atom is -0.445 e. The molecule has 0 radical (unpaired) electrons. The van der Waals surface area contributed by atoms with Gasteiger partial charge in [-0.15, -0.1) is 0 Å². The van der Waals surface area contributed by atoms with Crippen LogP contribution in [-0.4, -0.2) is 22.8 Å². The zero-order valence-electron chi connectivity index (χ0n) is 12.3. The van der Waals surface area contributed by atoms with Crippen LogP contribution in [0.15, 0.2) is 30.3 Å². The van der Waals surface area contributed by atoms with Crippen LogP contribution in [-0.2, 0) is 11.3 Å². The molecule has 3 unspecified atom stereocenters. The van der Waals surface area contributed by atoms with Crippen LogP contribution >= 0.6 is 0 Å². The molecule has 0 saturated heterocycles. The molecule has 2 saturated carbocycles. The summed E-state index contributed by atoms with van der Waals surface area (Å²) in [5.74, 6) is 0.539. The summed E-state index contributed by atoms with van der Waals surface area (Å²) < 4.78 is 5.25. The number of carbonyl (C=O) groups is 1. The van der Waals surface area contributed by atoms with E-state index < -0.39 is 5.60 Å². The van der Waals surface area contributed by atoms with Gasteiger partial charge in [0, 0.05) is 6.04 Å². The molecule has 2 fully saturated rings. The van der Waals surface area contributed by atoms with E-state index in [-0.39, 0.29) is 18.7 Å².